The molecule has 2 N–H and O–H groups in total. The summed E-state index contributed by atoms with van der Waals surface area (Å²) in [5.74, 6) is 1.28. The number of thioether (sulfide) groups is 1. The Morgan fingerprint density at radius 3 is 2.47 bits per heavy atom. The van der Waals surface area contributed by atoms with Gasteiger partial charge in [0.25, 0.3) is 5.91 Å². The highest BCUT2D eigenvalue weighted by molar-refractivity contribution is 7.99. The van der Waals surface area contributed by atoms with E-state index in [4.69, 9.17) is 0 Å². The van der Waals surface area contributed by atoms with Gasteiger partial charge in [-0.1, -0.05) is 26.7 Å². The minimum atomic E-state index is -0.510. The Kier molecular flexibility index (Phi) is 8.57. The van der Waals surface area contributed by atoms with Crippen molar-refractivity contribution in [1.29, 1.82) is 5.26 Å². The highest BCUT2D eigenvalue weighted by atomic mass is 32.2. The minimum Gasteiger partial charge on any atom is -0.627 e. The zero-order valence-electron chi connectivity index (χ0n) is 19.0. The van der Waals surface area contributed by atoms with E-state index >= 15 is 0 Å². The van der Waals surface area contributed by atoms with Gasteiger partial charge in [-0.15, -0.1) is 0 Å². The number of benzene rings is 1. The number of amides is 2. The molecule has 174 valence electrons. The summed E-state index contributed by atoms with van der Waals surface area (Å²) in [5.41, 5.74) is 1.18. The molecule has 0 bridgehead atoms. The highest BCUT2D eigenvalue weighted by Crippen LogP contribution is 2.28. The molecule has 2 fully saturated rings. The molecule has 1 saturated carbocycles. The number of hydroxylamine groups is 2. The van der Waals surface area contributed by atoms with E-state index in [1.165, 1.54) is 0 Å². The van der Waals surface area contributed by atoms with Gasteiger partial charge in [-0.3, -0.25) is 9.59 Å². The Morgan fingerprint density at radius 2 is 1.84 bits per heavy atom. The number of carbonyl (C=O) groups is 2. The third-order valence-corrected chi connectivity index (χ3v) is 7.33. The second kappa shape index (κ2) is 11.2. The predicted molar refractivity (Wildman–Crippen MR) is 129 cm³/mol. The summed E-state index contributed by atoms with van der Waals surface area (Å²) >= 11 is 1.80. The van der Waals surface area contributed by atoms with Crippen LogP contribution in [-0.2, 0) is 4.79 Å². The van der Waals surface area contributed by atoms with E-state index in [1.807, 2.05) is 13.8 Å². The first-order valence-corrected chi connectivity index (χ1v) is 12.7. The maximum Gasteiger partial charge on any atom is 0.251 e. The van der Waals surface area contributed by atoms with Gasteiger partial charge in [0.1, 0.15) is 11.7 Å². The van der Waals surface area contributed by atoms with Crippen molar-refractivity contribution in [3.8, 4) is 6.07 Å². The van der Waals surface area contributed by atoms with Crippen molar-refractivity contribution in [3.05, 3.63) is 35.0 Å². The second-order valence-electron chi connectivity index (χ2n) is 9.29. The zero-order chi connectivity index (χ0) is 23.1. The van der Waals surface area contributed by atoms with Gasteiger partial charge in [0.2, 0.25) is 5.91 Å². The van der Waals surface area contributed by atoms with Crippen molar-refractivity contribution in [1.82, 2.24) is 15.3 Å². The van der Waals surface area contributed by atoms with Gasteiger partial charge in [0.15, 0.2) is 0 Å². The molecule has 1 aromatic rings. The Balaban J connectivity index is 1.63. The second-order valence-corrected chi connectivity index (χ2v) is 10.5. The predicted octanol–water partition coefficient (Wildman–Crippen LogP) is 3.58. The van der Waals surface area contributed by atoms with Crippen molar-refractivity contribution in [2.45, 2.75) is 58.0 Å². The largest absolute Gasteiger partial charge is 0.627 e. The van der Waals surface area contributed by atoms with Crippen molar-refractivity contribution in [2.75, 3.05) is 24.6 Å². The molecule has 2 aliphatic rings. The number of hydrogen-bond donors (Lipinski definition) is 2. The van der Waals surface area contributed by atoms with Crippen LogP contribution < -0.4 is 15.3 Å². The number of nitrogens with zero attached hydrogens (tertiary/aromatic N) is 2. The smallest absolute Gasteiger partial charge is 0.251 e. The van der Waals surface area contributed by atoms with Crippen LogP contribution in [0.15, 0.2) is 24.3 Å². The van der Waals surface area contributed by atoms with Gasteiger partial charge in [-0.25, -0.2) is 0 Å². The van der Waals surface area contributed by atoms with E-state index in [0.717, 1.165) is 30.8 Å². The van der Waals surface area contributed by atoms with Gasteiger partial charge in [-0.05, 0) is 37.3 Å². The number of rotatable bonds is 7. The van der Waals surface area contributed by atoms with Gasteiger partial charge in [-0.2, -0.15) is 17.0 Å². The van der Waals surface area contributed by atoms with Gasteiger partial charge >= 0.3 is 0 Å². The van der Waals surface area contributed by atoms with Crippen LogP contribution in [0.1, 0.15) is 56.3 Å². The van der Waals surface area contributed by atoms with Crippen molar-refractivity contribution < 1.29 is 9.59 Å². The van der Waals surface area contributed by atoms with E-state index in [-0.39, 0.29) is 28.4 Å². The fourth-order valence-electron chi connectivity index (χ4n) is 4.54. The van der Waals surface area contributed by atoms with Crippen LogP contribution in [0.5, 0.6) is 0 Å². The van der Waals surface area contributed by atoms with E-state index in [9.17, 15) is 20.1 Å². The normalized spacial score (nSPS) is 23.7. The van der Waals surface area contributed by atoms with Crippen molar-refractivity contribution in [2.24, 2.45) is 11.8 Å². The van der Waals surface area contributed by atoms with E-state index in [2.05, 4.69) is 16.7 Å². The molecule has 0 unspecified atom stereocenters. The van der Waals surface area contributed by atoms with Crippen molar-refractivity contribution >= 4 is 29.3 Å². The molecule has 1 aliphatic heterocycles. The average molecular weight is 459 g/mol. The van der Waals surface area contributed by atoms with Crippen LogP contribution >= 0.6 is 11.8 Å². The number of nitriles is 1. The molecular weight excluding hydrogens is 424 g/mol. The van der Waals surface area contributed by atoms with Crippen LogP contribution in [-0.4, -0.2) is 48.5 Å². The Morgan fingerprint density at radius 1 is 1.19 bits per heavy atom. The summed E-state index contributed by atoms with van der Waals surface area (Å²) in [5, 5.41) is 28.2. The molecule has 1 aliphatic carbocycles. The highest BCUT2D eigenvalue weighted by Gasteiger charge is 2.33. The molecule has 0 aromatic heterocycles. The molecule has 7 nitrogen and oxygen atoms in total. The van der Waals surface area contributed by atoms with Crippen LogP contribution in [0.2, 0.25) is 0 Å². The Bertz CT molecular complexity index is 831. The fourth-order valence-corrected chi connectivity index (χ4v) is 5.60. The Labute approximate surface area is 195 Å². The van der Waals surface area contributed by atoms with E-state index in [1.54, 1.807) is 36.0 Å². The first kappa shape index (κ1) is 24.6. The molecule has 3 rings (SSSR count). The van der Waals surface area contributed by atoms with Crippen LogP contribution in [0, 0.1) is 28.4 Å². The summed E-state index contributed by atoms with van der Waals surface area (Å²) < 4.78 is -0.337. The number of quaternary nitrogens is 1. The van der Waals surface area contributed by atoms with Gasteiger partial charge in [0, 0.05) is 35.2 Å². The maximum absolute atomic E-state index is 13.0. The number of nitrogens with one attached hydrogen (secondary N) is 2. The first-order valence-electron chi connectivity index (χ1n) is 11.6. The summed E-state index contributed by atoms with van der Waals surface area (Å²) in [6.45, 7) is 5.14. The topological polar surface area (TPSA) is 105 Å². The quantitative estimate of drug-likeness (QED) is 0.480. The Hall–Kier alpha value is -2.08. The molecule has 32 heavy (non-hydrogen) atoms. The van der Waals surface area contributed by atoms with Gasteiger partial charge in [0.05, 0.1) is 25.1 Å². The lowest BCUT2D eigenvalue weighted by Gasteiger charge is -2.44. The number of hydrogen-bond acceptors (Lipinski definition) is 5. The number of carbonyl (C=O) groups excluding carboxylic acids is 2. The minimum absolute atomic E-state index is 0.154. The molecule has 0 radical (unpaired) electrons. The van der Waals surface area contributed by atoms with Crippen LogP contribution in [0.25, 0.3) is 0 Å². The lowest BCUT2D eigenvalue weighted by molar-refractivity contribution is -0.127. The summed E-state index contributed by atoms with van der Waals surface area (Å²) in [6.07, 6.45) is 3.93. The van der Waals surface area contributed by atoms with E-state index in [0.29, 0.717) is 43.1 Å². The zero-order valence-corrected chi connectivity index (χ0v) is 19.8. The third kappa shape index (κ3) is 6.25. The molecule has 2 amide bonds. The van der Waals surface area contributed by atoms with E-state index < -0.39 is 6.04 Å². The third-order valence-electron chi connectivity index (χ3n) is 6.39. The van der Waals surface area contributed by atoms with Crippen LogP contribution in [0.4, 0.5) is 5.69 Å². The molecule has 1 heterocycles. The average Bonchev–Trinajstić information content (AvgIpc) is 2.79. The SMILES string of the molecule is CC(C)C[C@@H](C#N)NC(=O)[C@@H]1CCCC[C@@H]1NC(=O)c1ccc([N+]2([O-])CCSCC2)cc1. The molecule has 3 atom stereocenters. The maximum atomic E-state index is 13.0. The monoisotopic (exact) mass is 458 g/mol. The first-order chi connectivity index (χ1) is 15.3. The fraction of sp³-hybridized carbons (Fsp3) is 0.625. The summed E-state index contributed by atoms with van der Waals surface area (Å²) in [6, 6.07) is 8.33. The summed E-state index contributed by atoms with van der Waals surface area (Å²) in [4.78, 5) is 25.8. The lowest BCUT2D eigenvalue weighted by Crippen LogP contribution is -2.50. The lowest BCUT2D eigenvalue weighted by atomic mass is 9.83. The molecule has 8 heteroatoms. The van der Waals surface area contributed by atoms with Crippen LogP contribution in [0.3, 0.4) is 0 Å². The van der Waals surface area contributed by atoms with Gasteiger partial charge < -0.3 is 20.5 Å². The summed E-state index contributed by atoms with van der Waals surface area (Å²) in [7, 11) is 0. The molecule has 1 aromatic carbocycles. The molecule has 0 spiro atoms. The standard InChI is InChI=1S/C24H34N4O3S/c1-17(2)15-19(16-25)26-24(30)21-5-3-4-6-22(21)27-23(29)18-7-9-20(10-8-18)28(31)11-13-32-14-12-28/h7-10,17,19,21-22H,3-6,11-15H2,1-2H3,(H,26,30)(H,27,29)/t19-,21+,22-/m0/s1. The van der Waals surface area contributed by atoms with Crippen molar-refractivity contribution in [3.63, 3.8) is 0 Å². The molecule has 1 saturated heterocycles. The molecular formula is C24H34N4O3S.